The Hall–Kier alpha value is -2.05. The van der Waals surface area contributed by atoms with Crippen LogP contribution in [0.15, 0.2) is 24.3 Å². The number of nitrogens with one attached hydrogen (secondary N) is 2. The molecule has 0 spiro atoms. The Labute approximate surface area is 84.2 Å². The van der Waals surface area contributed by atoms with Crippen LogP contribution in [-0.2, 0) is 0 Å². The SMILES string of the molecule is NC(=O)NNc1ccc(OC(F)F)cc1. The first kappa shape index (κ1) is 11.0. The molecule has 2 amide bonds. The van der Waals surface area contributed by atoms with Crippen LogP contribution >= 0.6 is 0 Å². The van der Waals surface area contributed by atoms with Gasteiger partial charge in [0, 0.05) is 0 Å². The van der Waals surface area contributed by atoms with Crippen LogP contribution in [0.25, 0.3) is 0 Å². The van der Waals surface area contributed by atoms with Crippen molar-refractivity contribution in [3.63, 3.8) is 0 Å². The summed E-state index contributed by atoms with van der Waals surface area (Å²) in [4.78, 5) is 10.3. The van der Waals surface area contributed by atoms with Crippen LogP contribution in [0.2, 0.25) is 0 Å². The number of carbonyl (C=O) groups excluding carboxylic acids is 1. The molecular weight excluding hydrogens is 208 g/mol. The average molecular weight is 217 g/mol. The Kier molecular flexibility index (Phi) is 3.67. The highest BCUT2D eigenvalue weighted by Crippen LogP contribution is 2.16. The zero-order valence-corrected chi connectivity index (χ0v) is 7.54. The minimum absolute atomic E-state index is 0.0367. The molecule has 0 aliphatic heterocycles. The molecule has 0 saturated carbocycles. The van der Waals surface area contributed by atoms with Gasteiger partial charge in [0.05, 0.1) is 5.69 Å². The van der Waals surface area contributed by atoms with Crippen molar-refractivity contribution in [2.24, 2.45) is 5.73 Å². The molecular formula is C8H9F2N3O2. The van der Waals surface area contributed by atoms with Gasteiger partial charge in [-0.3, -0.25) is 10.9 Å². The van der Waals surface area contributed by atoms with Crippen LogP contribution in [0, 0.1) is 0 Å². The number of ether oxygens (including phenoxy) is 1. The smallest absolute Gasteiger partial charge is 0.387 e. The molecule has 1 aromatic rings. The normalized spacial score (nSPS) is 9.80. The summed E-state index contributed by atoms with van der Waals surface area (Å²) in [5.74, 6) is 0.0367. The zero-order chi connectivity index (χ0) is 11.3. The van der Waals surface area contributed by atoms with Crippen molar-refractivity contribution < 1.29 is 18.3 Å². The molecule has 0 aliphatic carbocycles. The topological polar surface area (TPSA) is 76.4 Å². The Bertz CT molecular complexity index is 329. The van der Waals surface area contributed by atoms with Crippen LogP contribution in [0.3, 0.4) is 0 Å². The first-order valence-electron chi connectivity index (χ1n) is 3.94. The van der Waals surface area contributed by atoms with Crippen molar-refractivity contribution in [1.82, 2.24) is 5.43 Å². The van der Waals surface area contributed by atoms with Crippen molar-refractivity contribution in [3.05, 3.63) is 24.3 Å². The first-order valence-corrected chi connectivity index (χ1v) is 3.94. The minimum atomic E-state index is -2.85. The molecule has 0 aromatic heterocycles. The highest BCUT2D eigenvalue weighted by molar-refractivity contribution is 5.73. The van der Waals surface area contributed by atoms with Crippen molar-refractivity contribution in [1.29, 1.82) is 0 Å². The van der Waals surface area contributed by atoms with E-state index in [1.165, 1.54) is 24.3 Å². The number of nitrogens with two attached hydrogens (primary N) is 1. The molecule has 0 unspecified atom stereocenters. The van der Waals surface area contributed by atoms with Gasteiger partial charge in [-0.05, 0) is 24.3 Å². The molecule has 0 heterocycles. The van der Waals surface area contributed by atoms with Gasteiger partial charge in [-0.15, -0.1) is 0 Å². The van der Waals surface area contributed by atoms with Crippen LogP contribution < -0.4 is 21.3 Å². The van der Waals surface area contributed by atoms with Gasteiger partial charge in [-0.2, -0.15) is 8.78 Å². The quantitative estimate of drug-likeness (QED) is 0.665. The summed E-state index contributed by atoms with van der Waals surface area (Å²) in [5, 5.41) is 0. The minimum Gasteiger partial charge on any atom is -0.435 e. The summed E-state index contributed by atoms with van der Waals surface area (Å²) in [6, 6.07) is 4.82. The number of alkyl halides is 2. The predicted molar refractivity (Wildman–Crippen MR) is 49.4 cm³/mol. The van der Waals surface area contributed by atoms with Gasteiger partial charge in [-0.1, -0.05) is 0 Å². The maximum Gasteiger partial charge on any atom is 0.387 e. The standard InChI is InChI=1S/C8H9F2N3O2/c9-7(10)15-6-3-1-5(2-4-6)12-13-8(11)14/h1-4,7,12H,(H3,11,13,14). The molecule has 0 radical (unpaired) electrons. The van der Waals surface area contributed by atoms with E-state index in [0.717, 1.165) is 0 Å². The van der Waals surface area contributed by atoms with Gasteiger partial charge >= 0.3 is 12.6 Å². The lowest BCUT2D eigenvalue weighted by atomic mass is 10.3. The first-order chi connectivity index (χ1) is 7.08. The van der Waals surface area contributed by atoms with Gasteiger partial charge in [-0.25, -0.2) is 4.79 Å². The summed E-state index contributed by atoms with van der Waals surface area (Å²) >= 11 is 0. The number of urea groups is 1. The number of amides is 2. The van der Waals surface area contributed by atoms with Crippen LogP contribution in [-0.4, -0.2) is 12.6 Å². The molecule has 1 aromatic carbocycles. The van der Waals surface area contributed by atoms with E-state index >= 15 is 0 Å². The number of benzene rings is 1. The zero-order valence-electron chi connectivity index (χ0n) is 7.54. The van der Waals surface area contributed by atoms with Crippen molar-refractivity contribution in [2.45, 2.75) is 6.61 Å². The highest BCUT2D eigenvalue weighted by Gasteiger charge is 2.03. The van der Waals surface area contributed by atoms with E-state index in [0.29, 0.717) is 5.69 Å². The van der Waals surface area contributed by atoms with E-state index in [9.17, 15) is 13.6 Å². The van der Waals surface area contributed by atoms with E-state index in [1.54, 1.807) is 0 Å². The second-order valence-corrected chi connectivity index (χ2v) is 2.52. The third kappa shape index (κ3) is 4.12. The fourth-order valence-corrected chi connectivity index (χ4v) is 0.853. The monoisotopic (exact) mass is 217 g/mol. The third-order valence-corrected chi connectivity index (χ3v) is 1.41. The second-order valence-electron chi connectivity index (χ2n) is 2.52. The Morgan fingerprint density at radius 2 is 1.93 bits per heavy atom. The molecule has 1 rings (SSSR count). The van der Waals surface area contributed by atoms with E-state index in [4.69, 9.17) is 5.73 Å². The van der Waals surface area contributed by atoms with Gasteiger partial charge in [0.25, 0.3) is 0 Å². The summed E-state index contributed by atoms with van der Waals surface area (Å²) in [6.45, 7) is -2.85. The van der Waals surface area contributed by atoms with Crippen LogP contribution in [0.4, 0.5) is 19.3 Å². The van der Waals surface area contributed by atoms with Gasteiger partial charge < -0.3 is 10.5 Å². The number of rotatable bonds is 4. The largest absolute Gasteiger partial charge is 0.435 e. The summed E-state index contributed by atoms with van der Waals surface area (Å²) in [5.41, 5.74) is 9.87. The molecule has 5 nitrogen and oxygen atoms in total. The van der Waals surface area contributed by atoms with Gasteiger partial charge in [0.15, 0.2) is 0 Å². The van der Waals surface area contributed by atoms with E-state index in [-0.39, 0.29) is 5.75 Å². The number of hydrogen-bond acceptors (Lipinski definition) is 3. The lowest BCUT2D eigenvalue weighted by Gasteiger charge is -2.07. The number of halogens is 2. The number of hydrazine groups is 1. The Morgan fingerprint density at radius 3 is 2.40 bits per heavy atom. The molecule has 0 bridgehead atoms. The van der Waals surface area contributed by atoms with Gasteiger partial charge in [0.1, 0.15) is 5.75 Å². The van der Waals surface area contributed by atoms with Crippen molar-refractivity contribution in [2.75, 3.05) is 5.43 Å². The number of hydrogen-bond donors (Lipinski definition) is 3. The van der Waals surface area contributed by atoms with Gasteiger partial charge in [0.2, 0.25) is 0 Å². The lowest BCUT2D eigenvalue weighted by molar-refractivity contribution is -0.0498. The Morgan fingerprint density at radius 1 is 1.33 bits per heavy atom. The van der Waals surface area contributed by atoms with Crippen LogP contribution in [0.5, 0.6) is 5.75 Å². The molecule has 4 N–H and O–H groups in total. The molecule has 82 valence electrons. The number of carbonyl (C=O) groups is 1. The second kappa shape index (κ2) is 4.99. The molecule has 0 fully saturated rings. The summed E-state index contributed by atoms with van der Waals surface area (Å²) < 4.78 is 27.6. The van der Waals surface area contributed by atoms with E-state index in [2.05, 4.69) is 15.6 Å². The maximum absolute atomic E-state index is 11.8. The predicted octanol–water partition coefficient (Wildman–Crippen LogP) is 1.28. The molecule has 0 saturated heterocycles. The molecule has 15 heavy (non-hydrogen) atoms. The Balaban J connectivity index is 2.52. The average Bonchev–Trinajstić information content (AvgIpc) is 2.16. The van der Waals surface area contributed by atoms with Crippen molar-refractivity contribution >= 4 is 11.7 Å². The van der Waals surface area contributed by atoms with Crippen LogP contribution in [0.1, 0.15) is 0 Å². The number of anilines is 1. The molecule has 0 atom stereocenters. The van der Waals surface area contributed by atoms with E-state index < -0.39 is 12.6 Å². The third-order valence-electron chi connectivity index (χ3n) is 1.41. The van der Waals surface area contributed by atoms with E-state index in [1.807, 2.05) is 0 Å². The van der Waals surface area contributed by atoms with Crippen molar-refractivity contribution in [3.8, 4) is 5.75 Å². The fourth-order valence-electron chi connectivity index (χ4n) is 0.853. The highest BCUT2D eigenvalue weighted by atomic mass is 19.3. The molecule has 7 heteroatoms. The summed E-state index contributed by atoms with van der Waals surface area (Å²) in [7, 11) is 0. The lowest BCUT2D eigenvalue weighted by Crippen LogP contribution is -2.34. The molecule has 0 aliphatic rings. The fraction of sp³-hybridized carbons (Fsp3) is 0.125. The summed E-state index contributed by atoms with van der Waals surface area (Å²) in [6.07, 6.45) is 0. The maximum atomic E-state index is 11.8. The number of primary amides is 1.